The van der Waals surface area contributed by atoms with Crippen molar-refractivity contribution in [2.24, 2.45) is 0 Å². The quantitative estimate of drug-likeness (QED) is 0.670. The second kappa shape index (κ2) is 8.31. The van der Waals surface area contributed by atoms with Gasteiger partial charge in [-0.2, -0.15) is 0 Å². The summed E-state index contributed by atoms with van der Waals surface area (Å²) in [5.41, 5.74) is 3.09. The molecule has 138 valence electrons. The Kier molecular flexibility index (Phi) is 5.66. The third kappa shape index (κ3) is 4.61. The number of nitrogens with one attached hydrogen (secondary N) is 2. The lowest BCUT2D eigenvalue weighted by Crippen LogP contribution is -2.14. The molecule has 6 nitrogen and oxygen atoms in total. The van der Waals surface area contributed by atoms with Gasteiger partial charge in [-0.1, -0.05) is 32.0 Å². The Labute approximate surface area is 158 Å². The van der Waals surface area contributed by atoms with Crippen molar-refractivity contribution in [3.05, 3.63) is 72.2 Å². The number of carbonyl (C=O) groups is 1. The fourth-order valence-electron chi connectivity index (χ4n) is 2.63. The summed E-state index contributed by atoms with van der Waals surface area (Å²) in [5.74, 6) is 1.38. The van der Waals surface area contributed by atoms with E-state index in [9.17, 15) is 4.79 Å². The predicted octanol–water partition coefficient (Wildman–Crippen LogP) is 4.60. The molecule has 0 fully saturated rings. The van der Waals surface area contributed by atoms with Crippen LogP contribution >= 0.6 is 0 Å². The van der Waals surface area contributed by atoms with Crippen molar-refractivity contribution < 1.29 is 9.53 Å². The van der Waals surface area contributed by atoms with Crippen LogP contribution in [0.4, 0.5) is 17.2 Å². The first kappa shape index (κ1) is 18.4. The van der Waals surface area contributed by atoms with Crippen molar-refractivity contribution in [3.8, 4) is 5.75 Å². The summed E-state index contributed by atoms with van der Waals surface area (Å²) in [6.45, 7) is 4.28. The molecule has 0 unspecified atom stereocenters. The Hall–Kier alpha value is -3.41. The van der Waals surface area contributed by atoms with Crippen LogP contribution in [0.15, 0.2) is 60.9 Å². The van der Waals surface area contributed by atoms with Crippen LogP contribution in [0.25, 0.3) is 0 Å². The molecule has 3 rings (SSSR count). The van der Waals surface area contributed by atoms with Gasteiger partial charge in [0.15, 0.2) is 0 Å². The Bertz CT molecular complexity index is 906. The third-order valence-electron chi connectivity index (χ3n) is 4.08. The maximum atomic E-state index is 12.3. The molecule has 27 heavy (non-hydrogen) atoms. The molecule has 0 aliphatic heterocycles. The number of benzene rings is 2. The van der Waals surface area contributed by atoms with Gasteiger partial charge in [0.05, 0.1) is 19.5 Å². The molecule has 0 radical (unpaired) electrons. The summed E-state index contributed by atoms with van der Waals surface area (Å²) < 4.78 is 5.10. The van der Waals surface area contributed by atoms with Crippen LogP contribution in [0.5, 0.6) is 5.75 Å². The summed E-state index contributed by atoms with van der Waals surface area (Å²) in [6.07, 6.45) is 3.01. The largest absolute Gasteiger partial charge is 0.497 e. The highest BCUT2D eigenvalue weighted by Gasteiger charge is 2.10. The van der Waals surface area contributed by atoms with Crippen molar-refractivity contribution in [1.29, 1.82) is 0 Å². The van der Waals surface area contributed by atoms with E-state index in [0.29, 0.717) is 17.4 Å². The maximum Gasteiger partial charge on any atom is 0.275 e. The molecule has 0 spiro atoms. The highest BCUT2D eigenvalue weighted by atomic mass is 16.5. The Balaban J connectivity index is 1.68. The van der Waals surface area contributed by atoms with Gasteiger partial charge in [-0.15, -0.1) is 0 Å². The molecule has 1 amide bonds. The number of anilines is 3. The summed E-state index contributed by atoms with van der Waals surface area (Å²) in [7, 11) is 1.60. The van der Waals surface area contributed by atoms with E-state index in [-0.39, 0.29) is 11.6 Å². The molecule has 0 aliphatic carbocycles. The number of aromatic nitrogens is 2. The van der Waals surface area contributed by atoms with E-state index in [2.05, 4.69) is 40.5 Å². The average Bonchev–Trinajstić information content (AvgIpc) is 2.69. The van der Waals surface area contributed by atoms with Gasteiger partial charge < -0.3 is 15.4 Å². The number of ether oxygens (including phenoxy) is 1. The zero-order chi connectivity index (χ0) is 19.2. The van der Waals surface area contributed by atoms with Gasteiger partial charge in [-0.05, 0) is 41.8 Å². The smallest absolute Gasteiger partial charge is 0.275 e. The first-order valence-corrected chi connectivity index (χ1v) is 8.70. The number of hydrogen-bond acceptors (Lipinski definition) is 5. The second-order valence-corrected chi connectivity index (χ2v) is 6.34. The van der Waals surface area contributed by atoms with Crippen LogP contribution in [0.2, 0.25) is 0 Å². The molecule has 0 aliphatic rings. The fourth-order valence-corrected chi connectivity index (χ4v) is 2.63. The normalized spacial score (nSPS) is 10.5. The molecule has 0 saturated carbocycles. The number of hydrogen-bond donors (Lipinski definition) is 2. The highest BCUT2D eigenvalue weighted by Crippen LogP contribution is 2.26. The first-order valence-electron chi connectivity index (χ1n) is 8.70. The highest BCUT2D eigenvalue weighted by molar-refractivity contribution is 6.02. The molecular formula is C21H22N4O2. The monoisotopic (exact) mass is 362 g/mol. The van der Waals surface area contributed by atoms with Crippen LogP contribution in [0.1, 0.15) is 35.8 Å². The molecule has 0 bridgehead atoms. The Morgan fingerprint density at radius 2 is 1.74 bits per heavy atom. The molecule has 1 heterocycles. The minimum Gasteiger partial charge on any atom is -0.497 e. The van der Waals surface area contributed by atoms with E-state index < -0.39 is 0 Å². The van der Waals surface area contributed by atoms with Gasteiger partial charge in [-0.3, -0.25) is 4.79 Å². The number of amides is 1. The van der Waals surface area contributed by atoms with E-state index in [4.69, 9.17) is 4.74 Å². The van der Waals surface area contributed by atoms with Crippen molar-refractivity contribution in [2.75, 3.05) is 17.7 Å². The van der Waals surface area contributed by atoms with Gasteiger partial charge in [0, 0.05) is 11.4 Å². The number of rotatable bonds is 6. The van der Waals surface area contributed by atoms with Crippen molar-refractivity contribution >= 4 is 23.1 Å². The SMILES string of the molecule is COc1ccc(NC(=O)c2cnc(Nc3ccccc3C(C)C)cn2)cc1. The second-order valence-electron chi connectivity index (χ2n) is 6.34. The third-order valence-corrected chi connectivity index (χ3v) is 4.08. The minimum absolute atomic E-state index is 0.244. The number of nitrogens with zero attached hydrogens (tertiary/aromatic N) is 2. The fraction of sp³-hybridized carbons (Fsp3) is 0.190. The van der Waals surface area contributed by atoms with Gasteiger partial charge in [0.1, 0.15) is 17.3 Å². The van der Waals surface area contributed by atoms with Crippen LogP contribution in [0, 0.1) is 0 Å². The topological polar surface area (TPSA) is 76.1 Å². The van der Waals surface area contributed by atoms with E-state index >= 15 is 0 Å². The Morgan fingerprint density at radius 3 is 2.37 bits per heavy atom. The zero-order valence-corrected chi connectivity index (χ0v) is 15.6. The Morgan fingerprint density at radius 1 is 1.00 bits per heavy atom. The molecule has 1 aromatic heterocycles. The lowest BCUT2D eigenvalue weighted by molar-refractivity contribution is 0.102. The molecule has 0 atom stereocenters. The molecule has 2 N–H and O–H groups in total. The zero-order valence-electron chi connectivity index (χ0n) is 15.6. The molecular weight excluding hydrogens is 340 g/mol. The number of carbonyl (C=O) groups excluding carboxylic acids is 1. The summed E-state index contributed by atoms with van der Waals surface area (Å²) >= 11 is 0. The van der Waals surface area contributed by atoms with Crippen molar-refractivity contribution in [1.82, 2.24) is 9.97 Å². The molecule has 6 heteroatoms. The lowest BCUT2D eigenvalue weighted by atomic mass is 10.0. The summed E-state index contributed by atoms with van der Waals surface area (Å²) in [4.78, 5) is 20.8. The molecule has 2 aromatic carbocycles. The van der Waals surface area contributed by atoms with Gasteiger partial charge in [0.2, 0.25) is 0 Å². The van der Waals surface area contributed by atoms with Gasteiger partial charge in [-0.25, -0.2) is 9.97 Å². The van der Waals surface area contributed by atoms with Crippen molar-refractivity contribution in [2.45, 2.75) is 19.8 Å². The molecule has 3 aromatic rings. The maximum absolute atomic E-state index is 12.3. The predicted molar refractivity (Wildman–Crippen MR) is 107 cm³/mol. The van der Waals surface area contributed by atoms with E-state index in [0.717, 1.165) is 11.4 Å². The standard InChI is InChI=1S/C21H22N4O2/c1-14(2)17-6-4-5-7-18(17)25-20-13-22-19(12-23-20)21(26)24-15-8-10-16(27-3)11-9-15/h4-14H,1-3H3,(H,23,25)(H,24,26). The van der Waals surface area contributed by atoms with E-state index in [1.165, 1.54) is 11.8 Å². The lowest BCUT2D eigenvalue weighted by Gasteiger charge is -2.14. The van der Waals surface area contributed by atoms with E-state index in [1.54, 1.807) is 37.6 Å². The van der Waals surface area contributed by atoms with Crippen LogP contribution < -0.4 is 15.4 Å². The van der Waals surface area contributed by atoms with E-state index in [1.807, 2.05) is 18.2 Å². The average molecular weight is 362 g/mol. The summed E-state index contributed by atoms with van der Waals surface area (Å²) in [5, 5.41) is 6.05. The number of para-hydroxylation sites is 1. The van der Waals surface area contributed by atoms with Crippen LogP contribution in [0.3, 0.4) is 0 Å². The van der Waals surface area contributed by atoms with Crippen LogP contribution in [-0.4, -0.2) is 23.0 Å². The van der Waals surface area contributed by atoms with Crippen LogP contribution in [-0.2, 0) is 0 Å². The summed E-state index contributed by atoms with van der Waals surface area (Å²) in [6, 6.07) is 15.2. The number of methoxy groups -OCH3 is 1. The molecule has 0 saturated heterocycles. The first-order chi connectivity index (χ1) is 13.1. The minimum atomic E-state index is -0.318. The van der Waals surface area contributed by atoms with Gasteiger partial charge >= 0.3 is 0 Å². The van der Waals surface area contributed by atoms with Crippen molar-refractivity contribution in [3.63, 3.8) is 0 Å². The van der Waals surface area contributed by atoms with Gasteiger partial charge in [0.25, 0.3) is 5.91 Å².